The van der Waals surface area contributed by atoms with Crippen LogP contribution < -0.4 is 0 Å². The van der Waals surface area contributed by atoms with E-state index in [1.165, 1.54) is 0 Å². The van der Waals surface area contributed by atoms with Crippen molar-refractivity contribution in [2.24, 2.45) is 7.05 Å². The lowest BCUT2D eigenvalue weighted by atomic mass is 10.2. The lowest BCUT2D eigenvalue weighted by Gasteiger charge is -2.05. The molecule has 0 aliphatic carbocycles. The zero-order chi connectivity index (χ0) is 13.4. The van der Waals surface area contributed by atoms with E-state index in [-0.39, 0.29) is 6.61 Å². The van der Waals surface area contributed by atoms with Crippen LogP contribution in [0.2, 0.25) is 0 Å². The largest absolute Gasteiger partial charge is 0.392 e. The highest BCUT2D eigenvalue weighted by Crippen LogP contribution is 2.22. The average Bonchev–Trinajstić information content (AvgIpc) is 2.95. The molecule has 3 rings (SSSR count). The Morgan fingerprint density at radius 1 is 1.21 bits per heavy atom. The number of aliphatic hydroxyl groups is 1. The van der Waals surface area contributed by atoms with Crippen LogP contribution in [0.25, 0.3) is 10.9 Å². The van der Waals surface area contributed by atoms with Gasteiger partial charge in [-0.15, -0.1) is 10.2 Å². The smallest absolute Gasteiger partial charge is 0.152 e. The van der Waals surface area contributed by atoms with E-state index < -0.39 is 0 Å². The van der Waals surface area contributed by atoms with Crippen LogP contribution >= 0.6 is 0 Å². The highest BCUT2D eigenvalue weighted by Gasteiger charge is 2.10. The van der Waals surface area contributed by atoms with Crippen LogP contribution in [-0.4, -0.2) is 24.4 Å². The number of benzene rings is 1. The van der Waals surface area contributed by atoms with Crippen LogP contribution in [0, 0.1) is 6.92 Å². The van der Waals surface area contributed by atoms with E-state index in [0.29, 0.717) is 6.54 Å². The van der Waals surface area contributed by atoms with Crippen molar-refractivity contribution in [1.82, 2.24) is 19.3 Å². The molecule has 5 nitrogen and oxygen atoms in total. The van der Waals surface area contributed by atoms with Gasteiger partial charge in [0.1, 0.15) is 5.82 Å². The van der Waals surface area contributed by atoms with Gasteiger partial charge in [0, 0.05) is 29.7 Å². The van der Waals surface area contributed by atoms with Crippen molar-refractivity contribution in [3.8, 4) is 0 Å². The lowest BCUT2D eigenvalue weighted by Crippen LogP contribution is -2.05. The molecule has 1 N–H and O–H groups in total. The zero-order valence-electron chi connectivity index (χ0n) is 11.0. The maximum Gasteiger partial charge on any atom is 0.152 e. The van der Waals surface area contributed by atoms with Crippen LogP contribution in [0.1, 0.15) is 17.2 Å². The molecule has 98 valence electrons. The second-order valence-electron chi connectivity index (χ2n) is 4.68. The third kappa shape index (κ3) is 1.92. The molecule has 0 aliphatic heterocycles. The molecule has 1 aromatic carbocycles. The Bertz CT molecular complexity index is 726. The molecule has 0 spiro atoms. The average molecular weight is 256 g/mol. The van der Waals surface area contributed by atoms with Gasteiger partial charge in [-0.3, -0.25) is 0 Å². The third-order valence-corrected chi connectivity index (χ3v) is 3.54. The summed E-state index contributed by atoms with van der Waals surface area (Å²) < 4.78 is 4.08. The van der Waals surface area contributed by atoms with Gasteiger partial charge in [-0.2, -0.15) is 0 Å². The minimum atomic E-state index is 0.0470. The summed E-state index contributed by atoms with van der Waals surface area (Å²) in [6.45, 7) is 2.63. The Morgan fingerprint density at radius 2 is 2.00 bits per heavy atom. The SMILES string of the molecule is Cc1nnc(Cn2cc(CO)c3ccccc32)n1C. The van der Waals surface area contributed by atoms with Gasteiger partial charge >= 0.3 is 0 Å². The second kappa shape index (κ2) is 4.51. The van der Waals surface area contributed by atoms with Gasteiger partial charge in [0.25, 0.3) is 0 Å². The molecule has 0 aliphatic rings. The van der Waals surface area contributed by atoms with Crippen LogP contribution in [0.4, 0.5) is 0 Å². The summed E-state index contributed by atoms with van der Waals surface area (Å²) in [6.07, 6.45) is 1.98. The lowest BCUT2D eigenvalue weighted by molar-refractivity contribution is 0.283. The van der Waals surface area contributed by atoms with E-state index in [9.17, 15) is 5.11 Å². The van der Waals surface area contributed by atoms with Crippen molar-refractivity contribution < 1.29 is 5.11 Å². The Morgan fingerprint density at radius 3 is 2.68 bits per heavy atom. The number of aromatic nitrogens is 4. The number of fused-ring (bicyclic) bond motifs is 1. The quantitative estimate of drug-likeness (QED) is 0.774. The molecule has 0 radical (unpaired) electrons. The predicted molar refractivity (Wildman–Crippen MR) is 72.7 cm³/mol. The van der Waals surface area contributed by atoms with Gasteiger partial charge in [-0.25, -0.2) is 0 Å². The van der Waals surface area contributed by atoms with Crippen molar-refractivity contribution in [1.29, 1.82) is 0 Å². The van der Waals surface area contributed by atoms with Crippen LogP contribution in [0.15, 0.2) is 30.5 Å². The van der Waals surface area contributed by atoms with Crippen LogP contribution in [-0.2, 0) is 20.2 Å². The first-order valence-corrected chi connectivity index (χ1v) is 6.23. The fraction of sp³-hybridized carbons (Fsp3) is 0.286. The maximum atomic E-state index is 9.43. The summed E-state index contributed by atoms with van der Waals surface area (Å²) in [5, 5.41) is 18.8. The van der Waals surface area contributed by atoms with E-state index in [4.69, 9.17) is 0 Å². The van der Waals surface area contributed by atoms with Gasteiger partial charge in [0.15, 0.2) is 5.82 Å². The molecular formula is C14H16N4O. The monoisotopic (exact) mass is 256 g/mol. The number of nitrogens with zero attached hydrogens (tertiary/aromatic N) is 4. The normalized spacial score (nSPS) is 11.3. The molecule has 2 aromatic heterocycles. The van der Waals surface area contributed by atoms with Crippen LogP contribution in [0.5, 0.6) is 0 Å². The fourth-order valence-corrected chi connectivity index (χ4v) is 2.32. The molecule has 0 amide bonds. The Hall–Kier alpha value is -2.14. The minimum absolute atomic E-state index is 0.0470. The number of hydrogen-bond donors (Lipinski definition) is 1. The van der Waals surface area contributed by atoms with Gasteiger partial charge in [0.05, 0.1) is 13.2 Å². The van der Waals surface area contributed by atoms with E-state index in [2.05, 4.69) is 20.8 Å². The van der Waals surface area contributed by atoms with Gasteiger partial charge < -0.3 is 14.2 Å². The highest BCUT2D eigenvalue weighted by atomic mass is 16.3. The number of aryl methyl sites for hydroxylation is 1. The van der Waals surface area contributed by atoms with Crippen molar-refractivity contribution in [2.75, 3.05) is 0 Å². The molecule has 2 heterocycles. The summed E-state index contributed by atoms with van der Waals surface area (Å²) in [5.41, 5.74) is 2.04. The Labute approximate surface area is 111 Å². The molecule has 0 bridgehead atoms. The number of hydrogen-bond acceptors (Lipinski definition) is 3. The Kier molecular flexibility index (Phi) is 2.83. The predicted octanol–water partition coefficient (Wildman–Crippen LogP) is 1.62. The van der Waals surface area contributed by atoms with Crippen molar-refractivity contribution in [2.45, 2.75) is 20.1 Å². The highest BCUT2D eigenvalue weighted by molar-refractivity contribution is 5.83. The molecule has 0 saturated carbocycles. The second-order valence-corrected chi connectivity index (χ2v) is 4.68. The first-order valence-electron chi connectivity index (χ1n) is 6.23. The summed E-state index contributed by atoms with van der Waals surface area (Å²) in [4.78, 5) is 0. The zero-order valence-corrected chi connectivity index (χ0v) is 11.0. The molecule has 0 saturated heterocycles. The molecular weight excluding hydrogens is 240 g/mol. The first kappa shape index (κ1) is 11.9. The van der Waals surface area contributed by atoms with E-state index in [0.717, 1.165) is 28.1 Å². The molecule has 5 heteroatoms. The minimum Gasteiger partial charge on any atom is -0.392 e. The molecule has 19 heavy (non-hydrogen) atoms. The van der Waals surface area contributed by atoms with E-state index >= 15 is 0 Å². The first-order chi connectivity index (χ1) is 9.20. The van der Waals surface area contributed by atoms with Crippen molar-refractivity contribution in [3.63, 3.8) is 0 Å². The molecule has 0 fully saturated rings. The third-order valence-electron chi connectivity index (χ3n) is 3.54. The van der Waals surface area contributed by atoms with Gasteiger partial charge in [-0.05, 0) is 13.0 Å². The van der Waals surface area contributed by atoms with E-state index in [1.54, 1.807) is 0 Å². The Balaban J connectivity index is 2.08. The molecule has 0 atom stereocenters. The molecule has 0 unspecified atom stereocenters. The summed E-state index contributed by atoms with van der Waals surface area (Å²) in [5.74, 6) is 1.80. The number of para-hydroxylation sites is 1. The summed E-state index contributed by atoms with van der Waals surface area (Å²) >= 11 is 0. The number of rotatable bonds is 3. The maximum absolute atomic E-state index is 9.43. The standard InChI is InChI=1S/C14H16N4O/c1-10-15-16-14(17(10)2)8-18-7-11(9-19)12-5-3-4-6-13(12)18/h3-7,19H,8-9H2,1-2H3. The van der Waals surface area contributed by atoms with Crippen LogP contribution in [0.3, 0.4) is 0 Å². The van der Waals surface area contributed by atoms with Crippen molar-refractivity contribution >= 4 is 10.9 Å². The number of aliphatic hydroxyl groups excluding tert-OH is 1. The van der Waals surface area contributed by atoms with E-state index in [1.807, 2.05) is 42.9 Å². The van der Waals surface area contributed by atoms with Crippen molar-refractivity contribution in [3.05, 3.63) is 47.7 Å². The molecule has 3 aromatic rings. The summed E-state index contributed by atoms with van der Waals surface area (Å²) in [7, 11) is 1.96. The summed E-state index contributed by atoms with van der Waals surface area (Å²) in [6, 6.07) is 8.07. The van der Waals surface area contributed by atoms with Gasteiger partial charge in [0.2, 0.25) is 0 Å². The topological polar surface area (TPSA) is 55.9 Å². The fourth-order valence-electron chi connectivity index (χ4n) is 2.32. The van der Waals surface area contributed by atoms with Gasteiger partial charge in [-0.1, -0.05) is 18.2 Å².